The molecule has 0 aromatic heterocycles. The third-order valence-electron chi connectivity index (χ3n) is 6.36. The summed E-state index contributed by atoms with van der Waals surface area (Å²) in [6.45, 7) is 1.43. The lowest BCUT2D eigenvalue weighted by Gasteiger charge is -2.25. The minimum absolute atomic E-state index is 0.138. The first-order chi connectivity index (χ1) is 15.9. The minimum Gasteiger partial charge on any atom is -0.497 e. The van der Waals surface area contributed by atoms with Crippen LogP contribution in [0.4, 0.5) is 0 Å². The molecule has 2 fully saturated rings. The lowest BCUT2D eigenvalue weighted by atomic mass is 10.1. The number of ether oxygens (including phenoxy) is 2. The van der Waals surface area contributed by atoms with Crippen LogP contribution in [-0.4, -0.2) is 56.9 Å². The second-order valence-corrected chi connectivity index (χ2v) is 10.6. The van der Waals surface area contributed by atoms with Crippen molar-refractivity contribution in [3.63, 3.8) is 0 Å². The van der Waals surface area contributed by atoms with Gasteiger partial charge < -0.3 is 14.4 Å². The first-order valence-electron chi connectivity index (χ1n) is 11.6. The Balaban J connectivity index is 1.60. The maximum absolute atomic E-state index is 13.5. The van der Waals surface area contributed by atoms with Crippen molar-refractivity contribution in [3.8, 4) is 11.5 Å². The highest BCUT2D eigenvalue weighted by molar-refractivity contribution is 7.89. The van der Waals surface area contributed by atoms with Crippen LogP contribution in [0.5, 0.6) is 11.5 Å². The van der Waals surface area contributed by atoms with Crippen LogP contribution >= 0.6 is 0 Å². The van der Waals surface area contributed by atoms with Crippen molar-refractivity contribution >= 4 is 15.9 Å². The Kier molecular flexibility index (Phi) is 7.24. The molecule has 0 unspecified atom stereocenters. The summed E-state index contributed by atoms with van der Waals surface area (Å²) in [6.07, 6.45) is 5.71. The van der Waals surface area contributed by atoms with Crippen LogP contribution in [0.3, 0.4) is 0 Å². The highest BCUT2D eigenvalue weighted by Gasteiger charge is 2.34. The molecular formula is C25H32N2O5S. The number of amides is 1. The standard InChI is InChI=1S/C25H32N2O5S/c1-31-22-12-13-24(32-2)20(16-22)18-27(21-10-11-21)25(28)19-8-7-9-23(17-19)33(29,30)26-14-5-3-4-6-15-26/h7-9,12-13,16-17,21H,3-6,10-11,14-15,18H2,1-2H3. The number of methoxy groups -OCH3 is 2. The molecule has 1 aliphatic heterocycles. The normalized spacial score (nSPS) is 17.3. The summed E-state index contributed by atoms with van der Waals surface area (Å²) in [7, 11) is -0.418. The summed E-state index contributed by atoms with van der Waals surface area (Å²) in [5.74, 6) is 1.21. The average Bonchev–Trinajstić information content (AvgIpc) is 3.69. The zero-order valence-electron chi connectivity index (χ0n) is 19.3. The van der Waals surface area contributed by atoms with Crippen LogP contribution < -0.4 is 9.47 Å². The van der Waals surface area contributed by atoms with E-state index in [1.54, 1.807) is 36.7 Å². The second-order valence-electron chi connectivity index (χ2n) is 8.69. The minimum atomic E-state index is -3.62. The van der Waals surface area contributed by atoms with Crippen LogP contribution in [-0.2, 0) is 16.6 Å². The number of benzene rings is 2. The van der Waals surface area contributed by atoms with E-state index in [0.29, 0.717) is 36.7 Å². The molecule has 0 N–H and O–H groups in total. The molecule has 1 heterocycles. The molecule has 1 saturated carbocycles. The number of carbonyl (C=O) groups excluding carboxylic acids is 1. The Bertz CT molecular complexity index is 1090. The van der Waals surface area contributed by atoms with Crippen molar-refractivity contribution in [3.05, 3.63) is 53.6 Å². The van der Waals surface area contributed by atoms with Gasteiger partial charge in [-0.15, -0.1) is 0 Å². The van der Waals surface area contributed by atoms with Gasteiger partial charge in [0.05, 0.1) is 25.7 Å². The van der Waals surface area contributed by atoms with Gasteiger partial charge in [0, 0.05) is 30.3 Å². The Labute approximate surface area is 196 Å². The fourth-order valence-electron chi connectivity index (χ4n) is 4.33. The molecule has 0 atom stereocenters. The molecule has 2 aliphatic rings. The third-order valence-corrected chi connectivity index (χ3v) is 8.26. The number of rotatable bonds is 8. The summed E-state index contributed by atoms with van der Waals surface area (Å²) in [6, 6.07) is 12.1. The molecule has 0 radical (unpaired) electrons. The van der Waals surface area contributed by atoms with E-state index in [1.807, 2.05) is 23.1 Å². The topological polar surface area (TPSA) is 76.1 Å². The molecule has 0 bridgehead atoms. The number of hydrogen-bond acceptors (Lipinski definition) is 5. The maximum atomic E-state index is 13.5. The van der Waals surface area contributed by atoms with Gasteiger partial charge in [-0.3, -0.25) is 4.79 Å². The quantitative estimate of drug-likeness (QED) is 0.579. The molecule has 1 saturated heterocycles. The third kappa shape index (κ3) is 5.33. The Morgan fingerprint density at radius 3 is 2.36 bits per heavy atom. The molecule has 178 valence electrons. The van der Waals surface area contributed by atoms with Crippen LogP contribution in [0.15, 0.2) is 47.4 Å². The van der Waals surface area contributed by atoms with E-state index in [2.05, 4.69) is 0 Å². The van der Waals surface area contributed by atoms with E-state index in [1.165, 1.54) is 6.07 Å². The number of carbonyl (C=O) groups is 1. The average molecular weight is 473 g/mol. The number of sulfonamides is 1. The van der Waals surface area contributed by atoms with E-state index in [9.17, 15) is 13.2 Å². The van der Waals surface area contributed by atoms with Crippen LogP contribution in [0.1, 0.15) is 54.4 Å². The summed E-state index contributed by atoms with van der Waals surface area (Å²) in [5, 5.41) is 0. The van der Waals surface area contributed by atoms with Crippen molar-refractivity contribution in [1.82, 2.24) is 9.21 Å². The van der Waals surface area contributed by atoms with Gasteiger partial charge in [0.1, 0.15) is 11.5 Å². The fraction of sp³-hybridized carbons (Fsp3) is 0.480. The summed E-state index contributed by atoms with van der Waals surface area (Å²) in [5.41, 5.74) is 1.24. The molecule has 33 heavy (non-hydrogen) atoms. The summed E-state index contributed by atoms with van der Waals surface area (Å²) >= 11 is 0. The SMILES string of the molecule is COc1ccc(OC)c(CN(C(=O)c2cccc(S(=O)(=O)N3CCCCCC3)c2)C2CC2)c1. The Morgan fingerprint density at radius 1 is 1.00 bits per heavy atom. The first kappa shape index (κ1) is 23.6. The van der Waals surface area contributed by atoms with Crippen LogP contribution in [0, 0.1) is 0 Å². The van der Waals surface area contributed by atoms with Gasteiger partial charge in [-0.1, -0.05) is 18.9 Å². The van der Waals surface area contributed by atoms with Gasteiger partial charge in [-0.05, 0) is 62.1 Å². The fourth-order valence-corrected chi connectivity index (χ4v) is 5.89. The Hall–Kier alpha value is -2.58. The van der Waals surface area contributed by atoms with Crippen molar-refractivity contribution in [2.75, 3.05) is 27.3 Å². The molecule has 1 aliphatic carbocycles. The molecule has 4 rings (SSSR count). The van der Waals surface area contributed by atoms with Gasteiger partial charge >= 0.3 is 0 Å². The molecule has 1 amide bonds. The van der Waals surface area contributed by atoms with Crippen molar-refractivity contribution < 1.29 is 22.7 Å². The predicted molar refractivity (Wildman–Crippen MR) is 126 cm³/mol. The molecular weight excluding hydrogens is 440 g/mol. The van der Waals surface area contributed by atoms with Crippen molar-refractivity contribution in [1.29, 1.82) is 0 Å². The maximum Gasteiger partial charge on any atom is 0.254 e. The first-order valence-corrected chi connectivity index (χ1v) is 13.0. The lowest BCUT2D eigenvalue weighted by Crippen LogP contribution is -2.34. The molecule has 8 heteroatoms. The van der Waals surface area contributed by atoms with E-state index >= 15 is 0 Å². The highest BCUT2D eigenvalue weighted by Crippen LogP contribution is 2.33. The van der Waals surface area contributed by atoms with Gasteiger partial charge in [0.15, 0.2) is 0 Å². The van der Waals surface area contributed by atoms with Crippen molar-refractivity contribution in [2.24, 2.45) is 0 Å². The van der Waals surface area contributed by atoms with E-state index in [-0.39, 0.29) is 16.8 Å². The van der Waals surface area contributed by atoms with Gasteiger partial charge in [0.25, 0.3) is 5.91 Å². The molecule has 2 aromatic rings. The lowest BCUT2D eigenvalue weighted by molar-refractivity contribution is 0.0728. The van der Waals surface area contributed by atoms with Gasteiger partial charge in [0.2, 0.25) is 10.0 Å². The molecule has 0 spiro atoms. The van der Waals surface area contributed by atoms with Crippen molar-refractivity contribution in [2.45, 2.75) is 56.0 Å². The zero-order chi connectivity index (χ0) is 23.4. The van der Waals surface area contributed by atoms with Crippen LogP contribution in [0.25, 0.3) is 0 Å². The number of nitrogens with zero attached hydrogens (tertiary/aromatic N) is 2. The molecule has 7 nitrogen and oxygen atoms in total. The monoisotopic (exact) mass is 472 g/mol. The molecule has 2 aromatic carbocycles. The summed E-state index contributed by atoms with van der Waals surface area (Å²) in [4.78, 5) is 15.5. The summed E-state index contributed by atoms with van der Waals surface area (Å²) < 4.78 is 38.9. The van der Waals surface area contributed by atoms with E-state index in [4.69, 9.17) is 9.47 Å². The van der Waals surface area contributed by atoms with E-state index in [0.717, 1.165) is 44.1 Å². The van der Waals surface area contributed by atoms with Crippen LogP contribution in [0.2, 0.25) is 0 Å². The smallest absolute Gasteiger partial charge is 0.254 e. The van der Waals surface area contributed by atoms with Gasteiger partial charge in [-0.25, -0.2) is 8.42 Å². The largest absolute Gasteiger partial charge is 0.497 e. The second kappa shape index (κ2) is 10.1. The highest BCUT2D eigenvalue weighted by atomic mass is 32.2. The van der Waals surface area contributed by atoms with Gasteiger partial charge in [-0.2, -0.15) is 4.31 Å². The predicted octanol–water partition coefficient (Wildman–Crippen LogP) is 4.07. The number of hydrogen-bond donors (Lipinski definition) is 0. The Morgan fingerprint density at radius 2 is 1.73 bits per heavy atom. The van der Waals surface area contributed by atoms with E-state index < -0.39 is 10.0 Å². The zero-order valence-corrected chi connectivity index (χ0v) is 20.1.